The number of carbonyl (C=O) groups is 2. The molecule has 0 saturated heterocycles. The van der Waals surface area contributed by atoms with E-state index in [-0.39, 0.29) is 18.8 Å². The summed E-state index contributed by atoms with van der Waals surface area (Å²) in [7, 11) is 0. The first kappa shape index (κ1) is 15.8. The van der Waals surface area contributed by atoms with E-state index >= 15 is 0 Å². The van der Waals surface area contributed by atoms with Crippen molar-refractivity contribution in [2.45, 2.75) is 13.0 Å². The number of amides is 1. The molecule has 0 saturated carbocycles. The van der Waals surface area contributed by atoms with Crippen molar-refractivity contribution in [1.29, 1.82) is 0 Å². The molecular formula is C14H16FNO4. The summed E-state index contributed by atoms with van der Waals surface area (Å²) in [5.41, 5.74) is 0.506. The monoisotopic (exact) mass is 281 g/mol. The minimum Gasteiger partial charge on any atom is -0.480 e. The van der Waals surface area contributed by atoms with Crippen molar-refractivity contribution < 1.29 is 23.8 Å². The summed E-state index contributed by atoms with van der Waals surface area (Å²) in [6, 6.07) is 2.79. The second kappa shape index (κ2) is 7.40. The van der Waals surface area contributed by atoms with Gasteiger partial charge in [-0.25, -0.2) is 9.18 Å². The Labute approximate surface area is 116 Å². The fraction of sp³-hybridized carbons (Fsp3) is 0.286. The third-order valence-corrected chi connectivity index (χ3v) is 2.49. The molecule has 5 nitrogen and oxygen atoms in total. The van der Waals surface area contributed by atoms with Crippen LogP contribution in [-0.4, -0.2) is 36.2 Å². The summed E-state index contributed by atoms with van der Waals surface area (Å²) in [6.45, 7) is 5.07. The number of hydrogen-bond donors (Lipinski definition) is 2. The van der Waals surface area contributed by atoms with E-state index in [4.69, 9.17) is 9.84 Å². The molecule has 6 heteroatoms. The number of carboxylic acids is 1. The van der Waals surface area contributed by atoms with Crippen LogP contribution in [-0.2, 0) is 9.53 Å². The third kappa shape index (κ3) is 4.47. The number of ether oxygens (including phenoxy) is 1. The van der Waals surface area contributed by atoms with E-state index in [0.717, 1.165) is 6.07 Å². The van der Waals surface area contributed by atoms with Gasteiger partial charge in [0.2, 0.25) is 0 Å². The van der Waals surface area contributed by atoms with E-state index in [1.54, 1.807) is 6.92 Å². The van der Waals surface area contributed by atoms with Crippen LogP contribution in [0.1, 0.15) is 15.9 Å². The molecule has 20 heavy (non-hydrogen) atoms. The van der Waals surface area contributed by atoms with Crippen molar-refractivity contribution in [3.63, 3.8) is 0 Å². The fourth-order valence-electron chi connectivity index (χ4n) is 1.49. The Hall–Kier alpha value is -2.21. The lowest BCUT2D eigenvalue weighted by atomic mass is 10.1. The zero-order valence-corrected chi connectivity index (χ0v) is 11.1. The molecule has 0 aromatic heterocycles. The number of carbonyl (C=O) groups excluding carboxylic acids is 1. The summed E-state index contributed by atoms with van der Waals surface area (Å²) in [6.07, 6.45) is 1.46. The largest absolute Gasteiger partial charge is 0.480 e. The molecule has 1 rings (SSSR count). The molecule has 0 radical (unpaired) electrons. The number of aliphatic carboxylic acids is 1. The fourth-order valence-corrected chi connectivity index (χ4v) is 1.49. The lowest BCUT2D eigenvalue weighted by Crippen LogP contribution is -2.44. The Balaban J connectivity index is 2.77. The van der Waals surface area contributed by atoms with Gasteiger partial charge in [0.15, 0.2) is 6.04 Å². The van der Waals surface area contributed by atoms with Crippen LogP contribution >= 0.6 is 0 Å². The minimum atomic E-state index is -1.25. The molecule has 0 bridgehead atoms. The summed E-state index contributed by atoms with van der Waals surface area (Å²) in [4.78, 5) is 22.9. The quantitative estimate of drug-likeness (QED) is 0.587. The number of nitrogens with one attached hydrogen (secondary N) is 1. The predicted molar refractivity (Wildman–Crippen MR) is 71.0 cm³/mol. The maximum Gasteiger partial charge on any atom is 0.328 e. The summed E-state index contributed by atoms with van der Waals surface area (Å²) < 4.78 is 18.5. The summed E-state index contributed by atoms with van der Waals surface area (Å²) in [5, 5.41) is 11.2. The topological polar surface area (TPSA) is 75.6 Å². The van der Waals surface area contributed by atoms with Crippen LogP contribution < -0.4 is 5.32 Å². The van der Waals surface area contributed by atoms with E-state index in [9.17, 15) is 14.0 Å². The first-order valence-electron chi connectivity index (χ1n) is 5.94. The first-order chi connectivity index (χ1) is 9.45. The van der Waals surface area contributed by atoms with Gasteiger partial charge >= 0.3 is 5.97 Å². The van der Waals surface area contributed by atoms with Gasteiger partial charge in [-0.2, -0.15) is 0 Å². The van der Waals surface area contributed by atoms with E-state index in [0.29, 0.717) is 5.56 Å². The molecule has 0 aliphatic rings. The molecule has 0 aliphatic carbocycles. The Morgan fingerprint density at radius 2 is 2.25 bits per heavy atom. The Kier molecular flexibility index (Phi) is 5.86. The van der Waals surface area contributed by atoms with E-state index < -0.39 is 23.7 Å². The smallest absolute Gasteiger partial charge is 0.328 e. The van der Waals surface area contributed by atoms with Crippen molar-refractivity contribution in [1.82, 2.24) is 5.32 Å². The highest BCUT2D eigenvalue weighted by Crippen LogP contribution is 2.10. The lowest BCUT2D eigenvalue weighted by molar-refractivity contribution is -0.140. The van der Waals surface area contributed by atoms with Crippen molar-refractivity contribution in [2.24, 2.45) is 0 Å². The highest BCUT2D eigenvalue weighted by molar-refractivity contribution is 5.97. The van der Waals surface area contributed by atoms with Crippen molar-refractivity contribution in [3.8, 4) is 0 Å². The summed E-state index contributed by atoms with van der Waals surface area (Å²) in [5.74, 6) is -2.75. The maximum absolute atomic E-state index is 13.5. The maximum atomic E-state index is 13.5. The SMILES string of the molecule is C=CCOCC(NC(=O)c1cc(C)ccc1F)C(=O)O. The van der Waals surface area contributed by atoms with Crippen LogP contribution in [0.2, 0.25) is 0 Å². The number of carboxylic acid groups (broad SMARTS) is 1. The molecule has 0 spiro atoms. The zero-order chi connectivity index (χ0) is 15.1. The molecule has 108 valence electrons. The van der Waals surface area contributed by atoms with Crippen LogP contribution in [0.3, 0.4) is 0 Å². The van der Waals surface area contributed by atoms with Gasteiger partial charge in [-0.15, -0.1) is 6.58 Å². The highest BCUT2D eigenvalue weighted by Gasteiger charge is 2.22. The highest BCUT2D eigenvalue weighted by atomic mass is 19.1. The van der Waals surface area contributed by atoms with Gasteiger partial charge in [0.25, 0.3) is 5.91 Å². The van der Waals surface area contributed by atoms with Gasteiger partial charge in [-0.1, -0.05) is 17.7 Å². The number of benzene rings is 1. The van der Waals surface area contributed by atoms with Gasteiger partial charge in [-0.05, 0) is 19.1 Å². The Morgan fingerprint density at radius 3 is 2.85 bits per heavy atom. The standard InChI is InChI=1S/C14H16FNO4/c1-3-6-20-8-12(14(18)19)16-13(17)10-7-9(2)4-5-11(10)15/h3-5,7,12H,1,6,8H2,2H3,(H,16,17)(H,18,19). The molecule has 1 amide bonds. The molecule has 0 aliphatic heterocycles. The second-order valence-corrected chi connectivity index (χ2v) is 4.17. The normalized spacial score (nSPS) is 11.7. The minimum absolute atomic E-state index is 0.165. The zero-order valence-electron chi connectivity index (χ0n) is 11.1. The van der Waals surface area contributed by atoms with Crippen molar-refractivity contribution >= 4 is 11.9 Å². The molecule has 1 unspecified atom stereocenters. The van der Waals surface area contributed by atoms with Gasteiger partial charge in [0.1, 0.15) is 5.82 Å². The third-order valence-electron chi connectivity index (χ3n) is 2.49. The van der Waals surface area contributed by atoms with Gasteiger partial charge in [0, 0.05) is 0 Å². The van der Waals surface area contributed by atoms with Gasteiger partial charge < -0.3 is 15.2 Å². The number of rotatable bonds is 7. The second-order valence-electron chi connectivity index (χ2n) is 4.17. The number of hydrogen-bond acceptors (Lipinski definition) is 3. The lowest BCUT2D eigenvalue weighted by Gasteiger charge is -2.14. The molecule has 0 fully saturated rings. The number of halogens is 1. The van der Waals surface area contributed by atoms with Crippen molar-refractivity contribution in [2.75, 3.05) is 13.2 Å². The molecule has 2 N–H and O–H groups in total. The average molecular weight is 281 g/mol. The number of aryl methyl sites for hydroxylation is 1. The van der Waals surface area contributed by atoms with Crippen molar-refractivity contribution in [3.05, 3.63) is 47.8 Å². The first-order valence-corrected chi connectivity index (χ1v) is 5.94. The van der Waals surface area contributed by atoms with Crippen LogP contribution in [0.15, 0.2) is 30.9 Å². The molecule has 0 heterocycles. The van der Waals surface area contributed by atoms with Crippen LogP contribution in [0, 0.1) is 12.7 Å². The Bertz CT molecular complexity index is 516. The van der Waals surface area contributed by atoms with Crippen LogP contribution in [0.5, 0.6) is 0 Å². The molecule has 1 atom stereocenters. The summed E-state index contributed by atoms with van der Waals surface area (Å²) >= 11 is 0. The van der Waals surface area contributed by atoms with Crippen LogP contribution in [0.4, 0.5) is 4.39 Å². The van der Waals surface area contributed by atoms with Gasteiger partial charge in [-0.3, -0.25) is 4.79 Å². The molecule has 1 aromatic rings. The van der Waals surface area contributed by atoms with E-state index in [1.807, 2.05) is 0 Å². The van der Waals surface area contributed by atoms with Crippen LogP contribution in [0.25, 0.3) is 0 Å². The molecular weight excluding hydrogens is 265 g/mol. The van der Waals surface area contributed by atoms with E-state index in [2.05, 4.69) is 11.9 Å². The van der Waals surface area contributed by atoms with Gasteiger partial charge in [0.05, 0.1) is 18.8 Å². The predicted octanol–water partition coefficient (Wildman–Crippen LogP) is 1.52. The van der Waals surface area contributed by atoms with E-state index in [1.165, 1.54) is 18.2 Å². The Morgan fingerprint density at radius 1 is 1.55 bits per heavy atom. The molecule has 1 aromatic carbocycles. The average Bonchev–Trinajstić information content (AvgIpc) is 2.40.